The molecular formula is C10H12BrClFN3O. The second kappa shape index (κ2) is 6.28. The molecule has 1 fully saturated rings. The van der Waals surface area contributed by atoms with Crippen molar-refractivity contribution >= 4 is 40.1 Å². The van der Waals surface area contributed by atoms with Gasteiger partial charge in [0.1, 0.15) is 16.6 Å². The fourth-order valence-corrected chi connectivity index (χ4v) is 1.93. The molecule has 1 aliphatic rings. The molecule has 94 valence electrons. The van der Waals surface area contributed by atoms with Gasteiger partial charge in [-0.2, -0.15) is 0 Å². The average Bonchev–Trinajstić information content (AvgIpc) is 2.65. The van der Waals surface area contributed by atoms with Gasteiger partial charge in [0.25, 0.3) is 0 Å². The van der Waals surface area contributed by atoms with Crippen LogP contribution in [-0.4, -0.2) is 29.6 Å². The third kappa shape index (κ3) is 3.90. The predicted octanol–water partition coefficient (Wildman–Crippen LogP) is 1.90. The normalized spacial score (nSPS) is 22.9. The number of amides is 1. The number of rotatable bonds is 2. The van der Waals surface area contributed by atoms with E-state index in [-0.39, 0.29) is 31.3 Å². The summed E-state index contributed by atoms with van der Waals surface area (Å²) in [6.45, 7) is 0.240. The van der Waals surface area contributed by atoms with Crippen LogP contribution in [0.25, 0.3) is 0 Å². The largest absolute Gasteiger partial charge is 0.309 e. The minimum atomic E-state index is -0.939. The predicted molar refractivity (Wildman–Crippen MR) is 69.1 cm³/mol. The zero-order valence-electron chi connectivity index (χ0n) is 8.82. The highest BCUT2D eigenvalue weighted by molar-refractivity contribution is 9.10. The lowest BCUT2D eigenvalue weighted by Gasteiger charge is -2.10. The van der Waals surface area contributed by atoms with Gasteiger partial charge in [-0.1, -0.05) is 6.07 Å². The molecule has 0 spiro atoms. The van der Waals surface area contributed by atoms with Crippen LogP contribution in [0.3, 0.4) is 0 Å². The van der Waals surface area contributed by atoms with Crippen LogP contribution in [0.15, 0.2) is 22.8 Å². The van der Waals surface area contributed by atoms with Crippen molar-refractivity contribution in [1.82, 2.24) is 10.3 Å². The summed E-state index contributed by atoms with van der Waals surface area (Å²) < 4.78 is 13.5. The molecule has 4 nitrogen and oxygen atoms in total. The van der Waals surface area contributed by atoms with Gasteiger partial charge >= 0.3 is 0 Å². The van der Waals surface area contributed by atoms with E-state index in [1.54, 1.807) is 18.2 Å². The monoisotopic (exact) mass is 323 g/mol. The van der Waals surface area contributed by atoms with E-state index < -0.39 is 12.2 Å². The van der Waals surface area contributed by atoms with E-state index in [4.69, 9.17) is 0 Å². The third-order valence-corrected chi connectivity index (χ3v) is 2.80. The molecule has 1 amide bonds. The third-order valence-electron chi connectivity index (χ3n) is 2.36. The Morgan fingerprint density at radius 2 is 2.35 bits per heavy atom. The zero-order chi connectivity index (χ0) is 11.5. The molecule has 0 bridgehead atoms. The Hall–Kier alpha value is -0.720. The van der Waals surface area contributed by atoms with E-state index in [2.05, 4.69) is 31.5 Å². The van der Waals surface area contributed by atoms with Crippen LogP contribution >= 0.6 is 28.3 Å². The van der Waals surface area contributed by atoms with E-state index in [1.165, 1.54) is 0 Å². The molecule has 7 heteroatoms. The highest BCUT2D eigenvalue weighted by atomic mass is 79.9. The summed E-state index contributed by atoms with van der Waals surface area (Å²) >= 11 is 3.21. The number of aromatic nitrogens is 1. The Labute approximate surface area is 113 Å². The first kappa shape index (κ1) is 14.3. The van der Waals surface area contributed by atoms with Crippen LogP contribution in [-0.2, 0) is 4.79 Å². The second-order valence-corrected chi connectivity index (χ2v) is 4.44. The summed E-state index contributed by atoms with van der Waals surface area (Å²) in [5.74, 6) is 0.217. The fourth-order valence-electron chi connectivity index (χ4n) is 1.58. The van der Waals surface area contributed by atoms with Crippen molar-refractivity contribution in [1.29, 1.82) is 0 Å². The molecular weight excluding hydrogens is 312 g/mol. The van der Waals surface area contributed by atoms with Crippen molar-refractivity contribution in [2.75, 3.05) is 11.9 Å². The highest BCUT2D eigenvalue weighted by Crippen LogP contribution is 2.14. The van der Waals surface area contributed by atoms with Gasteiger partial charge in [-0.25, -0.2) is 9.37 Å². The number of pyridine rings is 1. The summed E-state index contributed by atoms with van der Waals surface area (Å²) in [4.78, 5) is 15.7. The van der Waals surface area contributed by atoms with Crippen molar-refractivity contribution in [3.8, 4) is 0 Å². The number of alkyl halides is 1. The molecule has 1 aliphatic heterocycles. The van der Waals surface area contributed by atoms with Crippen LogP contribution < -0.4 is 10.6 Å². The Morgan fingerprint density at radius 3 is 2.94 bits per heavy atom. The number of carbonyl (C=O) groups is 1. The molecule has 2 N–H and O–H groups in total. The number of anilines is 1. The quantitative estimate of drug-likeness (QED) is 0.817. The first-order chi connectivity index (χ1) is 7.65. The maximum absolute atomic E-state index is 12.9. The molecule has 2 atom stereocenters. The first-order valence-electron chi connectivity index (χ1n) is 4.96. The van der Waals surface area contributed by atoms with Crippen LogP contribution in [0.4, 0.5) is 10.2 Å². The molecule has 1 saturated heterocycles. The fraction of sp³-hybridized carbons (Fsp3) is 0.400. The van der Waals surface area contributed by atoms with Gasteiger partial charge in [-0.3, -0.25) is 4.79 Å². The van der Waals surface area contributed by atoms with Crippen molar-refractivity contribution in [3.63, 3.8) is 0 Å². The lowest BCUT2D eigenvalue weighted by atomic mass is 10.2. The maximum atomic E-state index is 12.9. The van der Waals surface area contributed by atoms with Gasteiger partial charge in [0.15, 0.2) is 0 Å². The van der Waals surface area contributed by atoms with Gasteiger partial charge < -0.3 is 10.6 Å². The topological polar surface area (TPSA) is 54.0 Å². The molecule has 0 saturated carbocycles. The molecule has 2 heterocycles. The van der Waals surface area contributed by atoms with Crippen molar-refractivity contribution in [2.45, 2.75) is 18.6 Å². The van der Waals surface area contributed by atoms with Crippen molar-refractivity contribution in [3.05, 3.63) is 22.8 Å². The molecule has 0 aromatic carbocycles. The van der Waals surface area contributed by atoms with Gasteiger partial charge in [-0.05, 0) is 28.1 Å². The molecule has 0 unspecified atom stereocenters. The highest BCUT2D eigenvalue weighted by Gasteiger charge is 2.29. The summed E-state index contributed by atoms with van der Waals surface area (Å²) in [5.41, 5.74) is 0. The average molecular weight is 325 g/mol. The van der Waals surface area contributed by atoms with E-state index in [1.807, 2.05) is 0 Å². The molecule has 0 radical (unpaired) electrons. The van der Waals surface area contributed by atoms with Crippen LogP contribution in [0.5, 0.6) is 0 Å². The lowest BCUT2D eigenvalue weighted by Crippen LogP contribution is -2.35. The minimum absolute atomic E-state index is 0. The summed E-state index contributed by atoms with van der Waals surface area (Å²) in [6, 6.07) is 4.76. The Bertz CT molecular complexity index is 407. The number of hydrogen-bond acceptors (Lipinski definition) is 3. The van der Waals surface area contributed by atoms with Gasteiger partial charge in [-0.15, -0.1) is 12.4 Å². The summed E-state index contributed by atoms with van der Waals surface area (Å²) in [5, 5.41) is 5.45. The summed E-state index contributed by atoms with van der Waals surface area (Å²) in [7, 11) is 0. The maximum Gasteiger partial charge on any atom is 0.242 e. The van der Waals surface area contributed by atoms with E-state index in [0.717, 1.165) is 0 Å². The van der Waals surface area contributed by atoms with E-state index >= 15 is 0 Å². The molecule has 0 aliphatic carbocycles. The number of hydrogen-bond donors (Lipinski definition) is 2. The van der Waals surface area contributed by atoms with Gasteiger partial charge in [0.05, 0.1) is 6.04 Å². The van der Waals surface area contributed by atoms with Crippen molar-refractivity contribution < 1.29 is 9.18 Å². The Kier molecular flexibility index (Phi) is 5.30. The molecule has 1 aromatic rings. The van der Waals surface area contributed by atoms with Gasteiger partial charge in [0.2, 0.25) is 5.91 Å². The van der Waals surface area contributed by atoms with Crippen LogP contribution in [0.2, 0.25) is 0 Å². The number of nitrogens with zero attached hydrogens (tertiary/aromatic N) is 1. The number of carbonyl (C=O) groups excluding carboxylic acids is 1. The van der Waals surface area contributed by atoms with Crippen molar-refractivity contribution in [2.24, 2.45) is 0 Å². The smallest absolute Gasteiger partial charge is 0.242 e. The second-order valence-electron chi connectivity index (χ2n) is 3.63. The Morgan fingerprint density at radius 1 is 1.59 bits per heavy atom. The zero-order valence-corrected chi connectivity index (χ0v) is 11.2. The molecule has 2 rings (SSSR count). The lowest BCUT2D eigenvalue weighted by molar-refractivity contribution is -0.117. The molecule has 17 heavy (non-hydrogen) atoms. The first-order valence-corrected chi connectivity index (χ1v) is 5.75. The summed E-state index contributed by atoms with van der Waals surface area (Å²) in [6.07, 6.45) is -0.717. The van der Waals surface area contributed by atoms with Gasteiger partial charge in [0, 0.05) is 13.0 Å². The van der Waals surface area contributed by atoms with Crippen LogP contribution in [0, 0.1) is 0 Å². The minimum Gasteiger partial charge on any atom is -0.309 e. The standard InChI is InChI=1S/C10H11BrFN3O.ClH/c11-8-2-1-3-9(14-8)15-10(16)7-4-6(12)5-13-7;/h1-3,6-7,13H,4-5H2,(H,14,15,16);1H/t6-,7+;/m1./s1. The van der Waals surface area contributed by atoms with E-state index in [0.29, 0.717) is 10.4 Å². The van der Waals surface area contributed by atoms with E-state index in [9.17, 15) is 9.18 Å². The number of nitrogens with one attached hydrogen (secondary N) is 2. The molecule has 1 aromatic heterocycles. The van der Waals surface area contributed by atoms with Crippen LogP contribution in [0.1, 0.15) is 6.42 Å². The SMILES string of the molecule is Cl.O=C(Nc1cccc(Br)n1)[C@@H]1C[C@@H](F)CN1. The Balaban J connectivity index is 0.00000144. The number of halogens is 3.